The van der Waals surface area contributed by atoms with Crippen LogP contribution in [-0.4, -0.2) is 15.7 Å². The zero-order valence-corrected chi connectivity index (χ0v) is 9.59. The van der Waals surface area contributed by atoms with Crippen LogP contribution in [0.2, 0.25) is 0 Å². The maximum absolute atomic E-state index is 12.3. The molecule has 0 atom stereocenters. The molecule has 1 heterocycles. The number of aliphatic carboxylic acids is 1. The molecule has 4 nitrogen and oxygen atoms in total. The Balaban J connectivity index is 3.21. The summed E-state index contributed by atoms with van der Waals surface area (Å²) in [6, 6.07) is 0. The van der Waals surface area contributed by atoms with Crippen molar-refractivity contribution >= 4 is 28.6 Å². The minimum absolute atomic E-state index is 0.0112. The van der Waals surface area contributed by atoms with Crippen LogP contribution in [0.5, 0.6) is 0 Å². The minimum atomic E-state index is -4.57. The highest BCUT2D eigenvalue weighted by molar-refractivity contribution is 14.1. The molecule has 0 saturated carbocycles. The first kappa shape index (κ1) is 12.3. The Bertz CT molecular complexity index is 400. The van der Waals surface area contributed by atoms with Crippen molar-refractivity contribution in [2.75, 3.05) is 0 Å². The van der Waals surface area contributed by atoms with E-state index >= 15 is 0 Å². The summed E-state index contributed by atoms with van der Waals surface area (Å²) in [5.41, 5.74) is -1.08. The number of halogens is 4. The molecule has 1 aromatic rings. The van der Waals surface area contributed by atoms with Crippen molar-refractivity contribution in [2.45, 2.75) is 12.6 Å². The second kappa shape index (κ2) is 3.99. The molecule has 0 radical (unpaired) electrons. The lowest BCUT2D eigenvalue weighted by Crippen LogP contribution is -2.25. The van der Waals surface area contributed by atoms with Crippen LogP contribution in [0.15, 0.2) is 0 Å². The van der Waals surface area contributed by atoms with Crippen molar-refractivity contribution in [3.63, 3.8) is 0 Å². The zero-order valence-electron chi connectivity index (χ0n) is 7.43. The van der Waals surface area contributed by atoms with E-state index in [2.05, 4.69) is 5.10 Å². The van der Waals surface area contributed by atoms with E-state index < -0.39 is 24.3 Å². The second-order valence-corrected chi connectivity index (χ2v) is 3.86. The molecule has 1 rings (SSSR count). The van der Waals surface area contributed by atoms with Gasteiger partial charge < -0.3 is 9.90 Å². The summed E-state index contributed by atoms with van der Waals surface area (Å²) in [4.78, 5) is 10.3. The number of hydrogen-bond donors (Lipinski definition) is 0. The molecule has 0 amide bonds. The van der Waals surface area contributed by atoms with Crippen molar-refractivity contribution < 1.29 is 23.1 Å². The molecule has 0 spiro atoms. The van der Waals surface area contributed by atoms with E-state index in [1.807, 2.05) is 0 Å². The van der Waals surface area contributed by atoms with E-state index in [4.69, 9.17) is 0 Å². The molecule has 0 N–H and O–H groups in total. The molecule has 0 aliphatic heterocycles. The topological polar surface area (TPSA) is 58.0 Å². The Morgan fingerprint density at radius 3 is 2.47 bits per heavy atom. The van der Waals surface area contributed by atoms with Gasteiger partial charge in [-0.25, -0.2) is 0 Å². The SMILES string of the molecule is Cn1nc(C(F)(F)F)c(I)c1CC(=O)[O-]. The van der Waals surface area contributed by atoms with E-state index in [9.17, 15) is 23.1 Å². The van der Waals surface area contributed by atoms with Gasteiger partial charge in [-0.15, -0.1) is 0 Å². The van der Waals surface area contributed by atoms with Crippen LogP contribution >= 0.6 is 22.6 Å². The Morgan fingerprint density at radius 1 is 1.60 bits per heavy atom. The molecular formula is C7H5F3IN2O2-. The summed E-state index contributed by atoms with van der Waals surface area (Å²) in [6.45, 7) is 0. The van der Waals surface area contributed by atoms with Gasteiger partial charge in [-0.05, 0) is 22.6 Å². The molecule has 8 heteroatoms. The van der Waals surface area contributed by atoms with E-state index in [0.717, 1.165) is 4.68 Å². The third-order valence-electron chi connectivity index (χ3n) is 1.68. The fourth-order valence-corrected chi connectivity index (χ4v) is 2.00. The number of alkyl halides is 3. The molecule has 0 saturated heterocycles. The molecule has 0 aromatic carbocycles. The van der Waals surface area contributed by atoms with Crippen LogP contribution in [-0.2, 0) is 24.4 Å². The summed E-state index contributed by atoms with van der Waals surface area (Å²) < 4.78 is 37.7. The van der Waals surface area contributed by atoms with Crippen LogP contribution in [0, 0.1) is 3.57 Å². The first-order chi connectivity index (χ1) is 6.73. The van der Waals surface area contributed by atoms with E-state index in [0.29, 0.717) is 0 Å². The van der Waals surface area contributed by atoms with Crippen LogP contribution in [0.3, 0.4) is 0 Å². The number of carbonyl (C=O) groups excluding carboxylic acids is 1. The zero-order chi connectivity index (χ0) is 11.8. The first-order valence-electron chi connectivity index (χ1n) is 3.72. The summed E-state index contributed by atoms with van der Waals surface area (Å²) >= 11 is 1.43. The molecule has 15 heavy (non-hydrogen) atoms. The molecule has 0 fully saturated rings. The summed E-state index contributed by atoms with van der Waals surface area (Å²) in [7, 11) is 1.26. The number of carbonyl (C=O) groups is 1. The second-order valence-electron chi connectivity index (χ2n) is 2.78. The number of aryl methyl sites for hydroxylation is 1. The van der Waals surface area contributed by atoms with Gasteiger partial charge in [-0.1, -0.05) is 0 Å². The highest BCUT2D eigenvalue weighted by Crippen LogP contribution is 2.33. The van der Waals surface area contributed by atoms with Crippen molar-refractivity contribution in [3.8, 4) is 0 Å². The highest BCUT2D eigenvalue weighted by Gasteiger charge is 2.38. The molecule has 0 aliphatic carbocycles. The van der Waals surface area contributed by atoms with Crippen LogP contribution < -0.4 is 5.11 Å². The van der Waals surface area contributed by atoms with Crippen molar-refractivity contribution in [1.82, 2.24) is 9.78 Å². The molecule has 84 valence electrons. The standard InChI is InChI=1S/C7H6F3IN2O2/c1-13-3(2-4(14)15)5(11)6(12-13)7(8,9)10/h2H2,1H3,(H,14,15)/p-1. The molecule has 1 aromatic heterocycles. The number of nitrogens with zero attached hydrogens (tertiary/aromatic N) is 2. The van der Waals surface area contributed by atoms with Crippen LogP contribution in [0.25, 0.3) is 0 Å². The van der Waals surface area contributed by atoms with Gasteiger partial charge in [0.15, 0.2) is 5.69 Å². The smallest absolute Gasteiger partial charge is 0.436 e. The fourth-order valence-electron chi connectivity index (χ4n) is 1.04. The average Bonchev–Trinajstić information content (AvgIpc) is 2.30. The highest BCUT2D eigenvalue weighted by atomic mass is 127. The maximum Gasteiger partial charge on any atom is 0.436 e. The van der Waals surface area contributed by atoms with Gasteiger partial charge in [0.2, 0.25) is 0 Å². The lowest BCUT2D eigenvalue weighted by atomic mass is 10.3. The number of hydrogen-bond acceptors (Lipinski definition) is 3. The third kappa shape index (κ3) is 2.61. The van der Waals surface area contributed by atoms with Crippen LogP contribution in [0.4, 0.5) is 13.2 Å². The largest absolute Gasteiger partial charge is 0.550 e. The minimum Gasteiger partial charge on any atom is -0.550 e. The lowest BCUT2D eigenvalue weighted by molar-refractivity contribution is -0.304. The van der Waals surface area contributed by atoms with Crippen molar-refractivity contribution in [1.29, 1.82) is 0 Å². The maximum atomic E-state index is 12.3. The lowest BCUT2D eigenvalue weighted by Gasteiger charge is -2.03. The predicted molar refractivity (Wildman–Crippen MR) is 49.6 cm³/mol. The van der Waals surface area contributed by atoms with E-state index in [-0.39, 0.29) is 9.26 Å². The third-order valence-corrected chi connectivity index (χ3v) is 2.82. The first-order valence-corrected chi connectivity index (χ1v) is 4.79. The summed E-state index contributed by atoms with van der Waals surface area (Å²) in [5.74, 6) is -1.44. The molecule has 0 aliphatic rings. The number of carboxylic acids is 1. The van der Waals surface area contributed by atoms with Gasteiger partial charge in [0.05, 0.1) is 9.26 Å². The quantitative estimate of drug-likeness (QED) is 0.734. The normalized spacial score (nSPS) is 11.8. The van der Waals surface area contributed by atoms with Gasteiger partial charge in [0.25, 0.3) is 0 Å². The summed E-state index contributed by atoms with van der Waals surface area (Å²) in [6.07, 6.45) is -5.16. The number of carboxylic acid groups (broad SMARTS) is 1. The predicted octanol–water partition coefficient (Wildman–Crippen LogP) is 0.336. The van der Waals surface area contributed by atoms with Gasteiger partial charge in [0, 0.05) is 19.4 Å². The van der Waals surface area contributed by atoms with Crippen molar-refractivity contribution in [2.24, 2.45) is 7.05 Å². The Hall–Kier alpha value is -0.800. The number of aromatic nitrogens is 2. The Labute approximate surface area is 96.2 Å². The van der Waals surface area contributed by atoms with Gasteiger partial charge in [-0.2, -0.15) is 18.3 Å². The Kier molecular flexibility index (Phi) is 3.26. The fraction of sp³-hybridized carbons (Fsp3) is 0.429. The van der Waals surface area contributed by atoms with Crippen molar-refractivity contribution in [3.05, 3.63) is 15.0 Å². The van der Waals surface area contributed by atoms with Gasteiger partial charge >= 0.3 is 6.18 Å². The van der Waals surface area contributed by atoms with E-state index in [1.54, 1.807) is 0 Å². The van der Waals surface area contributed by atoms with E-state index in [1.165, 1.54) is 29.6 Å². The molecule has 0 unspecified atom stereocenters. The average molecular weight is 333 g/mol. The van der Waals surface area contributed by atoms with Gasteiger partial charge in [0.1, 0.15) is 0 Å². The molecule has 0 bridgehead atoms. The van der Waals surface area contributed by atoms with Crippen LogP contribution in [0.1, 0.15) is 11.4 Å². The Morgan fingerprint density at radius 2 is 2.13 bits per heavy atom. The van der Waals surface area contributed by atoms with Gasteiger partial charge in [-0.3, -0.25) is 4.68 Å². The monoisotopic (exact) mass is 333 g/mol. The molecular weight excluding hydrogens is 328 g/mol. The number of rotatable bonds is 2. The summed E-state index contributed by atoms with van der Waals surface area (Å²) in [5, 5.41) is 13.5.